The molecule has 1 aliphatic carbocycles. The molecule has 2 aliphatic rings. The van der Waals surface area contributed by atoms with Gasteiger partial charge in [-0.25, -0.2) is 19.9 Å². The summed E-state index contributed by atoms with van der Waals surface area (Å²) in [6.07, 6.45) is 4.38. The molecule has 0 bridgehead atoms. The number of piperidine rings is 1. The number of aromatic amines is 1. The fraction of sp³-hybridized carbons (Fsp3) is 0.333. The van der Waals surface area contributed by atoms with E-state index in [0.717, 1.165) is 63.0 Å². The molecule has 1 saturated carbocycles. The van der Waals surface area contributed by atoms with Crippen LogP contribution < -0.4 is 10.6 Å². The lowest BCUT2D eigenvalue weighted by atomic mass is 10.2. The van der Waals surface area contributed by atoms with Crippen molar-refractivity contribution in [2.45, 2.75) is 29.4 Å². The summed E-state index contributed by atoms with van der Waals surface area (Å²) in [6.45, 7) is 3.93. The van der Waals surface area contributed by atoms with E-state index in [1.54, 1.807) is 6.20 Å². The second kappa shape index (κ2) is 6.80. The molecule has 0 spiro atoms. The number of hydrogen-bond acceptors (Lipinski definition) is 7. The van der Waals surface area contributed by atoms with E-state index in [1.807, 2.05) is 18.3 Å². The first-order chi connectivity index (χ1) is 14.6. The van der Waals surface area contributed by atoms with Gasteiger partial charge in [0, 0.05) is 47.5 Å². The summed E-state index contributed by atoms with van der Waals surface area (Å²) in [6, 6.07) is 6.32. The first-order valence-electron chi connectivity index (χ1n) is 10.1. The van der Waals surface area contributed by atoms with Crippen molar-refractivity contribution < 1.29 is 0 Å². The molecule has 1 saturated heterocycles. The van der Waals surface area contributed by atoms with Crippen LogP contribution >= 0.6 is 23.4 Å². The van der Waals surface area contributed by atoms with Gasteiger partial charge in [0.25, 0.3) is 0 Å². The van der Waals surface area contributed by atoms with Crippen LogP contribution in [0.1, 0.15) is 12.6 Å². The molecule has 1 unspecified atom stereocenters. The van der Waals surface area contributed by atoms with Gasteiger partial charge in [-0.1, -0.05) is 18.5 Å². The number of nitrogens with zero attached hydrogens (tertiary/aromatic N) is 5. The van der Waals surface area contributed by atoms with Crippen molar-refractivity contribution in [2.75, 3.05) is 18.0 Å². The third-order valence-corrected chi connectivity index (χ3v) is 7.42. The van der Waals surface area contributed by atoms with E-state index in [4.69, 9.17) is 27.3 Å². The standard InChI is InChI=1S/C21H20ClN7S/c1-2-14-16(22)15-19(26-14)27-21(28-20(15)29-8-12-13(9-29)17(12)23)30-11-6-10-4-3-5-24-18(10)25-7-11/h3-7,12-13,17H,2,8-9,23H2,1H3,(H,26,27,28)/t12-,13+,17?. The predicted molar refractivity (Wildman–Crippen MR) is 119 cm³/mol. The molecule has 9 heteroatoms. The summed E-state index contributed by atoms with van der Waals surface area (Å²) in [7, 11) is 0. The molecule has 0 amide bonds. The highest BCUT2D eigenvalue weighted by atomic mass is 35.5. The number of H-pyrrole nitrogens is 1. The Morgan fingerprint density at radius 2 is 2.10 bits per heavy atom. The van der Waals surface area contributed by atoms with Crippen LogP contribution in [0.2, 0.25) is 5.02 Å². The van der Waals surface area contributed by atoms with E-state index in [0.29, 0.717) is 23.0 Å². The Labute approximate surface area is 182 Å². The van der Waals surface area contributed by atoms with Crippen LogP contribution in [-0.4, -0.2) is 44.1 Å². The number of pyridine rings is 2. The Kier molecular flexibility index (Phi) is 4.16. The number of fused-ring (bicyclic) bond motifs is 3. The zero-order valence-electron chi connectivity index (χ0n) is 16.3. The maximum Gasteiger partial charge on any atom is 0.196 e. The number of nitrogens with one attached hydrogen (secondary N) is 1. The molecule has 2 fully saturated rings. The number of anilines is 1. The number of aromatic nitrogens is 5. The Balaban J connectivity index is 1.42. The lowest BCUT2D eigenvalue weighted by Gasteiger charge is -2.21. The summed E-state index contributed by atoms with van der Waals surface area (Å²) >= 11 is 8.21. The number of nitrogens with two attached hydrogens (primary N) is 1. The molecule has 4 aromatic heterocycles. The Morgan fingerprint density at radius 1 is 1.27 bits per heavy atom. The van der Waals surface area contributed by atoms with Crippen LogP contribution in [0.4, 0.5) is 5.82 Å². The Morgan fingerprint density at radius 3 is 2.90 bits per heavy atom. The highest BCUT2D eigenvalue weighted by Gasteiger charge is 2.54. The molecule has 0 aromatic carbocycles. The molecule has 1 aliphatic heterocycles. The van der Waals surface area contributed by atoms with E-state index in [1.165, 1.54) is 11.8 Å². The largest absolute Gasteiger partial charge is 0.355 e. The maximum atomic E-state index is 6.71. The molecule has 152 valence electrons. The fourth-order valence-electron chi connectivity index (χ4n) is 4.44. The molecule has 4 aromatic rings. The van der Waals surface area contributed by atoms with Crippen LogP contribution in [-0.2, 0) is 6.42 Å². The second-order valence-corrected chi connectivity index (χ2v) is 9.38. The minimum Gasteiger partial charge on any atom is -0.355 e. The lowest BCUT2D eigenvalue weighted by Crippen LogP contribution is -2.29. The smallest absolute Gasteiger partial charge is 0.196 e. The number of rotatable bonds is 4. The van der Waals surface area contributed by atoms with Crippen LogP contribution in [0.15, 0.2) is 40.6 Å². The van der Waals surface area contributed by atoms with Gasteiger partial charge < -0.3 is 15.6 Å². The van der Waals surface area contributed by atoms with Crippen molar-refractivity contribution in [3.8, 4) is 0 Å². The SMILES string of the molecule is CCc1[nH]c2nc(Sc3cnc4ncccc4c3)nc(N3C[C@@H]4C(N)[C@@H]4C3)c2c1Cl. The predicted octanol–water partition coefficient (Wildman–Crippen LogP) is 3.66. The summed E-state index contributed by atoms with van der Waals surface area (Å²) in [5.74, 6) is 2.02. The molecule has 7 nitrogen and oxygen atoms in total. The molecular formula is C21H20ClN7S. The topological polar surface area (TPSA) is 96.6 Å². The normalized spacial score (nSPS) is 22.8. The first kappa shape index (κ1) is 18.4. The van der Waals surface area contributed by atoms with Gasteiger partial charge in [-0.15, -0.1) is 0 Å². The van der Waals surface area contributed by atoms with Gasteiger partial charge >= 0.3 is 0 Å². The molecule has 3 atom stereocenters. The number of hydrogen-bond donors (Lipinski definition) is 2. The van der Waals surface area contributed by atoms with Crippen LogP contribution in [0.25, 0.3) is 22.1 Å². The molecule has 3 N–H and O–H groups in total. The summed E-state index contributed by atoms with van der Waals surface area (Å²) in [5.41, 5.74) is 8.65. The minimum atomic E-state index is 0.331. The van der Waals surface area contributed by atoms with E-state index >= 15 is 0 Å². The van der Waals surface area contributed by atoms with Crippen LogP contribution in [0.5, 0.6) is 0 Å². The summed E-state index contributed by atoms with van der Waals surface area (Å²) in [5, 5.41) is 3.30. The van der Waals surface area contributed by atoms with E-state index in [9.17, 15) is 0 Å². The van der Waals surface area contributed by atoms with Gasteiger partial charge in [-0.3, -0.25) is 0 Å². The van der Waals surface area contributed by atoms with Gasteiger partial charge in [-0.05, 0) is 48.2 Å². The quantitative estimate of drug-likeness (QED) is 0.470. The minimum absolute atomic E-state index is 0.331. The highest BCUT2D eigenvalue weighted by molar-refractivity contribution is 7.99. The van der Waals surface area contributed by atoms with Gasteiger partial charge in [0.2, 0.25) is 0 Å². The van der Waals surface area contributed by atoms with Gasteiger partial charge in [0.1, 0.15) is 11.5 Å². The second-order valence-electron chi connectivity index (χ2n) is 7.96. The van der Waals surface area contributed by atoms with Crippen molar-refractivity contribution in [1.29, 1.82) is 0 Å². The van der Waals surface area contributed by atoms with Crippen LogP contribution in [0, 0.1) is 11.8 Å². The average molecular weight is 438 g/mol. The van der Waals surface area contributed by atoms with E-state index in [-0.39, 0.29) is 0 Å². The fourth-order valence-corrected chi connectivity index (χ4v) is 5.57. The van der Waals surface area contributed by atoms with Crippen molar-refractivity contribution in [3.05, 3.63) is 41.3 Å². The van der Waals surface area contributed by atoms with Crippen molar-refractivity contribution >= 4 is 51.2 Å². The monoisotopic (exact) mass is 437 g/mol. The lowest BCUT2D eigenvalue weighted by molar-refractivity contribution is 0.732. The molecule has 6 rings (SSSR count). The van der Waals surface area contributed by atoms with Gasteiger partial charge in [0.15, 0.2) is 10.8 Å². The molecule has 5 heterocycles. The van der Waals surface area contributed by atoms with E-state index in [2.05, 4.69) is 32.8 Å². The summed E-state index contributed by atoms with van der Waals surface area (Å²) in [4.78, 5) is 25.1. The number of halogens is 1. The van der Waals surface area contributed by atoms with Gasteiger partial charge in [0.05, 0.1) is 10.4 Å². The Hall–Kier alpha value is -2.42. The third-order valence-electron chi connectivity index (χ3n) is 6.17. The first-order valence-corrected chi connectivity index (χ1v) is 11.3. The molecule has 30 heavy (non-hydrogen) atoms. The van der Waals surface area contributed by atoms with Crippen molar-refractivity contribution in [2.24, 2.45) is 17.6 Å². The zero-order valence-corrected chi connectivity index (χ0v) is 17.9. The van der Waals surface area contributed by atoms with Crippen molar-refractivity contribution in [1.82, 2.24) is 24.9 Å². The van der Waals surface area contributed by atoms with Crippen LogP contribution in [0.3, 0.4) is 0 Å². The average Bonchev–Trinajstić information content (AvgIpc) is 3.10. The summed E-state index contributed by atoms with van der Waals surface area (Å²) < 4.78 is 0. The van der Waals surface area contributed by atoms with E-state index < -0.39 is 0 Å². The molecule has 0 radical (unpaired) electrons. The van der Waals surface area contributed by atoms with Crippen molar-refractivity contribution in [3.63, 3.8) is 0 Å². The third kappa shape index (κ3) is 2.85. The Bertz CT molecular complexity index is 1280. The van der Waals surface area contributed by atoms with Gasteiger partial charge in [-0.2, -0.15) is 0 Å². The maximum absolute atomic E-state index is 6.71. The highest BCUT2D eigenvalue weighted by Crippen LogP contribution is 2.47. The zero-order chi connectivity index (χ0) is 20.4. The number of aryl methyl sites for hydroxylation is 1. The molecular weight excluding hydrogens is 418 g/mol.